The first-order valence-electron chi connectivity index (χ1n) is 11.6. The molecule has 0 aliphatic heterocycles. The molecular formula is C25H29Cl2N3O4S. The number of non-ortho nitro benzene ring substituents is 1. The zero-order chi connectivity index (χ0) is 25.4. The fraction of sp³-hybridized carbons (Fsp3) is 0.440. The van der Waals surface area contributed by atoms with Crippen LogP contribution in [-0.4, -0.2) is 39.5 Å². The second kappa shape index (κ2) is 13.1. The van der Waals surface area contributed by atoms with E-state index in [1.165, 1.54) is 23.9 Å². The molecule has 1 saturated carbocycles. The quantitative estimate of drug-likeness (QED) is 0.280. The summed E-state index contributed by atoms with van der Waals surface area (Å²) in [6, 6.07) is 11.1. The average Bonchev–Trinajstić information content (AvgIpc) is 3.34. The number of carbonyl (C=O) groups is 2. The van der Waals surface area contributed by atoms with E-state index in [4.69, 9.17) is 23.2 Å². The highest BCUT2D eigenvalue weighted by Gasteiger charge is 2.30. The van der Waals surface area contributed by atoms with E-state index in [-0.39, 0.29) is 35.8 Å². The van der Waals surface area contributed by atoms with Crippen LogP contribution in [0.25, 0.3) is 0 Å². The average molecular weight is 538 g/mol. The lowest BCUT2D eigenvalue weighted by molar-refractivity contribution is -0.384. The third-order valence-corrected chi connectivity index (χ3v) is 7.79. The fourth-order valence-corrected chi connectivity index (χ4v) is 5.37. The summed E-state index contributed by atoms with van der Waals surface area (Å²) in [5.74, 6) is 0.408. The van der Waals surface area contributed by atoms with Gasteiger partial charge in [-0.1, -0.05) is 61.2 Å². The molecule has 7 nitrogen and oxygen atoms in total. The second-order valence-corrected chi connectivity index (χ2v) is 10.4. The molecule has 0 saturated heterocycles. The van der Waals surface area contributed by atoms with Crippen LogP contribution >= 0.6 is 35.0 Å². The first-order chi connectivity index (χ1) is 16.8. The third kappa shape index (κ3) is 7.85. The lowest BCUT2D eigenvalue weighted by Gasteiger charge is -2.31. The van der Waals surface area contributed by atoms with Gasteiger partial charge in [0.05, 0.1) is 20.7 Å². The van der Waals surface area contributed by atoms with Crippen LogP contribution in [0.1, 0.15) is 50.2 Å². The number of hydrogen-bond acceptors (Lipinski definition) is 5. The van der Waals surface area contributed by atoms with E-state index < -0.39 is 11.0 Å². The third-order valence-electron chi connectivity index (χ3n) is 6.07. The molecule has 0 bridgehead atoms. The summed E-state index contributed by atoms with van der Waals surface area (Å²) in [4.78, 5) is 38.5. The minimum Gasteiger partial charge on any atom is -0.352 e. The Bertz CT molecular complexity index is 1050. The molecule has 1 fully saturated rings. The molecule has 35 heavy (non-hydrogen) atoms. The van der Waals surface area contributed by atoms with Crippen LogP contribution in [0.3, 0.4) is 0 Å². The predicted octanol–water partition coefficient (Wildman–Crippen LogP) is 6.00. The van der Waals surface area contributed by atoms with Crippen LogP contribution in [0.15, 0.2) is 42.5 Å². The van der Waals surface area contributed by atoms with Gasteiger partial charge in [0.2, 0.25) is 11.8 Å². The van der Waals surface area contributed by atoms with Crippen LogP contribution in [0.4, 0.5) is 5.69 Å². The molecular weight excluding hydrogens is 509 g/mol. The van der Waals surface area contributed by atoms with Crippen molar-refractivity contribution in [3.63, 3.8) is 0 Å². The van der Waals surface area contributed by atoms with Gasteiger partial charge in [0.1, 0.15) is 6.04 Å². The highest BCUT2D eigenvalue weighted by Crippen LogP contribution is 2.25. The zero-order valence-corrected chi connectivity index (χ0v) is 21.9. The molecule has 10 heteroatoms. The van der Waals surface area contributed by atoms with E-state index in [2.05, 4.69) is 5.32 Å². The number of nitro groups is 1. The van der Waals surface area contributed by atoms with E-state index >= 15 is 0 Å². The highest BCUT2D eigenvalue weighted by atomic mass is 35.5. The Hall–Kier alpha value is -2.29. The smallest absolute Gasteiger partial charge is 0.269 e. The minimum atomic E-state index is -0.600. The van der Waals surface area contributed by atoms with Crippen LogP contribution in [0.5, 0.6) is 0 Å². The molecule has 1 N–H and O–H groups in total. The Morgan fingerprint density at radius 1 is 1.11 bits per heavy atom. The van der Waals surface area contributed by atoms with Crippen molar-refractivity contribution in [3.8, 4) is 0 Å². The lowest BCUT2D eigenvalue weighted by Crippen LogP contribution is -2.51. The Morgan fingerprint density at radius 2 is 1.77 bits per heavy atom. The van der Waals surface area contributed by atoms with Crippen LogP contribution in [0.2, 0.25) is 10.0 Å². The van der Waals surface area contributed by atoms with Gasteiger partial charge in [-0.2, -0.15) is 0 Å². The Balaban J connectivity index is 1.70. The standard InChI is InChI=1S/C25H29Cl2N3O4S/c1-2-23(25(32)28-19-5-3-4-6-19)29(14-18-9-12-21(26)22(27)13-18)24(31)16-35-15-17-7-10-20(11-8-17)30(33)34/h7-13,19,23H,2-6,14-16H2,1H3,(H,28,32)/t23-/m0/s1. The second-order valence-electron chi connectivity index (χ2n) is 8.60. The maximum atomic E-state index is 13.4. The Kier molecular flexibility index (Phi) is 10.2. The molecule has 1 atom stereocenters. The fourth-order valence-electron chi connectivity index (χ4n) is 4.17. The molecule has 0 aromatic heterocycles. The summed E-state index contributed by atoms with van der Waals surface area (Å²) in [6.07, 6.45) is 4.63. The number of benzene rings is 2. The molecule has 3 rings (SSSR count). The van der Waals surface area contributed by atoms with Gasteiger partial charge in [-0.25, -0.2) is 0 Å². The number of halogens is 2. The number of hydrogen-bond donors (Lipinski definition) is 1. The van der Waals surface area contributed by atoms with Gasteiger partial charge in [0, 0.05) is 30.5 Å². The van der Waals surface area contributed by atoms with Crippen molar-refractivity contribution >= 4 is 52.5 Å². The van der Waals surface area contributed by atoms with Crippen LogP contribution in [-0.2, 0) is 21.9 Å². The van der Waals surface area contributed by atoms with Gasteiger partial charge >= 0.3 is 0 Å². The van der Waals surface area contributed by atoms with E-state index in [1.54, 1.807) is 35.2 Å². The molecule has 2 aromatic rings. The monoisotopic (exact) mass is 537 g/mol. The topological polar surface area (TPSA) is 92.6 Å². The van der Waals surface area contributed by atoms with Gasteiger partial charge < -0.3 is 10.2 Å². The van der Waals surface area contributed by atoms with Crippen LogP contribution in [0, 0.1) is 10.1 Å². The van der Waals surface area contributed by atoms with E-state index in [1.807, 2.05) is 6.92 Å². The first kappa shape index (κ1) is 27.3. The maximum Gasteiger partial charge on any atom is 0.269 e. The molecule has 0 heterocycles. The molecule has 0 spiro atoms. The summed E-state index contributed by atoms with van der Waals surface area (Å²) in [5.41, 5.74) is 1.71. The van der Waals surface area contributed by atoms with E-state index in [0.717, 1.165) is 36.8 Å². The molecule has 2 aromatic carbocycles. The number of nitrogens with zero attached hydrogens (tertiary/aromatic N) is 2. The molecule has 1 aliphatic carbocycles. The van der Waals surface area contributed by atoms with Crippen molar-refractivity contribution in [2.24, 2.45) is 0 Å². The number of thioether (sulfide) groups is 1. The number of carbonyl (C=O) groups excluding carboxylic acids is 2. The molecule has 0 radical (unpaired) electrons. The summed E-state index contributed by atoms with van der Waals surface area (Å²) >= 11 is 13.6. The summed E-state index contributed by atoms with van der Waals surface area (Å²) in [5, 5.41) is 14.8. The lowest BCUT2D eigenvalue weighted by atomic mass is 10.1. The van der Waals surface area contributed by atoms with Gasteiger partial charge in [0.25, 0.3) is 5.69 Å². The normalized spacial score (nSPS) is 14.5. The van der Waals surface area contributed by atoms with Gasteiger partial charge in [-0.15, -0.1) is 11.8 Å². The highest BCUT2D eigenvalue weighted by molar-refractivity contribution is 7.99. The van der Waals surface area contributed by atoms with Crippen molar-refractivity contribution in [3.05, 3.63) is 73.8 Å². The molecule has 0 unspecified atom stereocenters. The van der Waals surface area contributed by atoms with Gasteiger partial charge in [-0.05, 0) is 42.5 Å². The largest absolute Gasteiger partial charge is 0.352 e. The van der Waals surface area contributed by atoms with Crippen LogP contribution < -0.4 is 5.32 Å². The SMILES string of the molecule is CC[C@@H](C(=O)NC1CCCC1)N(Cc1ccc(Cl)c(Cl)c1)C(=O)CSCc1ccc([N+](=O)[O-])cc1. The van der Waals surface area contributed by atoms with Crippen molar-refractivity contribution in [2.45, 2.75) is 63.4 Å². The summed E-state index contributed by atoms with van der Waals surface area (Å²) in [7, 11) is 0. The minimum absolute atomic E-state index is 0.0293. The summed E-state index contributed by atoms with van der Waals surface area (Å²) < 4.78 is 0. The van der Waals surface area contributed by atoms with Crippen molar-refractivity contribution in [2.75, 3.05) is 5.75 Å². The zero-order valence-electron chi connectivity index (χ0n) is 19.5. The maximum absolute atomic E-state index is 13.4. The Labute approximate surface area is 219 Å². The molecule has 1 aliphatic rings. The van der Waals surface area contributed by atoms with Crippen molar-refractivity contribution < 1.29 is 14.5 Å². The number of nitro benzene ring substituents is 1. The van der Waals surface area contributed by atoms with Crippen molar-refractivity contribution in [1.29, 1.82) is 0 Å². The predicted molar refractivity (Wildman–Crippen MR) is 141 cm³/mol. The van der Waals surface area contributed by atoms with Crippen molar-refractivity contribution in [1.82, 2.24) is 10.2 Å². The number of nitrogens with one attached hydrogen (secondary N) is 1. The van der Waals surface area contributed by atoms with Gasteiger partial charge in [0.15, 0.2) is 0 Å². The van der Waals surface area contributed by atoms with Gasteiger partial charge in [-0.3, -0.25) is 19.7 Å². The first-order valence-corrected chi connectivity index (χ1v) is 13.5. The molecule has 188 valence electrons. The number of rotatable bonds is 11. The Morgan fingerprint density at radius 3 is 2.37 bits per heavy atom. The summed E-state index contributed by atoms with van der Waals surface area (Å²) in [6.45, 7) is 2.14. The number of amides is 2. The van der Waals surface area contributed by atoms with E-state index in [0.29, 0.717) is 22.2 Å². The molecule has 2 amide bonds. The van der Waals surface area contributed by atoms with E-state index in [9.17, 15) is 19.7 Å².